The van der Waals surface area contributed by atoms with Gasteiger partial charge in [0.05, 0.1) is 19.7 Å². The molecule has 4 aliphatic rings. The number of hydrazine groups is 1. The highest BCUT2D eigenvalue weighted by Gasteiger charge is 2.37. The lowest BCUT2D eigenvalue weighted by atomic mass is 9.77. The number of halogens is 1. The smallest absolute Gasteiger partial charge is 0.342 e. The summed E-state index contributed by atoms with van der Waals surface area (Å²) in [5, 5.41) is 5.04. The lowest BCUT2D eigenvalue weighted by molar-refractivity contribution is -0.123. The van der Waals surface area contributed by atoms with Gasteiger partial charge in [-0.05, 0) is 73.0 Å². The Hall–Kier alpha value is -3.46. The van der Waals surface area contributed by atoms with Gasteiger partial charge in [-0.1, -0.05) is 18.2 Å². The molecule has 0 saturated carbocycles. The summed E-state index contributed by atoms with van der Waals surface area (Å²) in [6, 6.07) is 10.3. The van der Waals surface area contributed by atoms with Crippen molar-refractivity contribution in [3.8, 4) is 5.75 Å². The number of carbonyl (C=O) groups is 3. The first kappa shape index (κ1) is 23.0. The van der Waals surface area contributed by atoms with Crippen LogP contribution in [0.2, 0.25) is 0 Å². The minimum Gasteiger partial charge on any atom is -0.493 e. The molecule has 1 atom stereocenters. The number of likely N-dealkylation sites (tertiary alicyclic amines) is 1. The van der Waals surface area contributed by atoms with E-state index in [1.807, 2.05) is 18.2 Å². The molecule has 9 heteroatoms. The van der Waals surface area contributed by atoms with E-state index in [9.17, 15) is 18.8 Å². The van der Waals surface area contributed by atoms with Gasteiger partial charge < -0.3 is 4.74 Å². The van der Waals surface area contributed by atoms with Crippen LogP contribution >= 0.6 is 0 Å². The van der Waals surface area contributed by atoms with E-state index in [1.54, 1.807) is 0 Å². The number of hydrogen-bond donors (Lipinski definition) is 1. The normalized spacial score (nSPS) is 22.8. The minimum atomic E-state index is -0.548. The number of amides is 4. The zero-order chi connectivity index (χ0) is 24.8. The summed E-state index contributed by atoms with van der Waals surface area (Å²) < 4.78 is 19.3. The van der Waals surface area contributed by atoms with Crippen molar-refractivity contribution >= 4 is 17.8 Å². The Morgan fingerprint density at radius 1 is 0.972 bits per heavy atom. The van der Waals surface area contributed by atoms with E-state index >= 15 is 0 Å². The van der Waals surface area contributed by atoms with E-state index in [0.29, 0.717) is 36.3 Å². The van der Waals surface area contributed by atoms with Gasteiger partial charge in [0.2, 0.25) is 5.91 Å². The lowest BCUT2D eigenvalue weighted by Crippen LogP contribution is -2.56. The third-order valence-corrected chi connectivity index (χ3v) is 7.95. The maximum Gasteiger partial charge on any atom is 0.342 e. The molecule has 188 valence electrons. The molecule has 0 spiro atoms. The molecule has 2 fully saturated rings. The predicted molar refractivity (Wildman–Crippen MR) is 128 cm³/mol. The van der Waals surface area contributed by atoms with Gasteiger partial charge in [0, 0.05) is 24.6 Å². The summed E-state index contributed by atoms with van der Waals surface area (Å²) in [5.41, 5.74) is 3.80. The Morgan fingerprint density at radius 2 is 1.81 bits per heavy atom. The van der Waals surface area contributed by atoms with Crippen LogP contribution in [0.4, 0.5) is 9.18 Å². The SMILES string of the molecule is O=C1CCN(N2Cc3cc(CN4CCC(C5CCOc6cc(F)ccc65)CC4)ccc3C2=O)C(=O)N1. The Bertz CT molecular complexity index is 1230. The van der Waals surface area contributed by atoms with Crippen LogP contribution in [0.5, 0.6) is 5.75 Å². The highest BCUT2D eigenvalue weighted by Crippen LogP contribution is 2.42. The molecule has 8 nitrogen and oxygen atoms in total. The molecule has 4 amide bonds. The standard InChI is InChI=1S/C27H29FN4O4/c28-20-2-4-23-21(8-12-36-24(23)14-20)18-5-9-30(10-6-18)15-17-1-3-22-19(13-17)16-32(26(22)34)31-11-7-25(33)29-27(31)35/h1-4,13-14,18,21H,5-12,15-16H2,(H,29,33,35). The second-order valence-corrected chi connectivity index (χ2v) is 10.1. The molecule has 0 bridgehead atoms. The molecule has 4 aliphatic heterocycles. The third-order valence-electron chi connectivity index (χ3n) is 7.95. The number of carbonyl (C=O) groups excluding carboxylic acids is 3. The first-order valence-electron chi connectivity index (χ1n) is 12.7. The van der Waals surface area contributed by atoms with Crippen LogP contribution in [0, 0.1) is 11.7 Å². The summed E-state index contributed by atoms with van der Waals surface area (Å²) in [6.07, 6.45) is 3.33. The number of piperidine rings is 1. The molecule has 2 saturated heterocycles. The first-order valence-corrected chi connectivity index (χ1v) is 12.7. The fourth-order valence-corrected chi connectivity index (χ4v) is 6.09. The number of rotatable bonds is 4. The van der Waals surface area contributed by atoms with Gasteiger partial charge in [-0.2, -0.15) is 0 Å². The van der Waals surface area contributed by atoms with E-state index in [1.165, 1.54) is 22.2 Å². The second kappa shape index (κ2) is 9.20. The first-order chi connectivity index (χ1) is 17.5. The number of benzene rings is 2. The average molecular weight is 493 g/mol. The largest absolute Gasteiger partial charge is 0.493 e. The molecule has 0 radical (unpaired) electrons. The van der Waals surface area contributed by atoms with E-state index in [-0.39, 0.29) is 30.6 Å². The molecular weight excluding hydrogens is 463 g/mol. The van der Waals surface area contributed by atoms with Crippen LogP contribution < -0.4 is 10.1 Å². The Kier molecular flexibility index (Phi) is 5.87. The number of ether oxygens (including phenoxy) is 1. The zero-order valence-corrected chi connectivity index (χ0v) is 20.0. The van der Waals surface area contributed by atoms with Crippen molar-refractivity contribution in [2.24, 2.45) is 5.92 Å². The molecule has 36 heavy (non-hydrogen) atoms. The summed E-state index contributed by atoms with van der Waals surface area (Å²) in [6.45, 7) is 3.96. The molecule has 1 unspecified atom stereocenters. The van der Waals surface area contributed by atoms with Crippen molar-refractivity contribution < 1.29 is 23.5 Å². The Balaban J connectivity index is 1.08. The van der Waals surface area contributed by atoms with Crippen molar-refractivity contribution in [2.75, 3.05) is 26.2 Å². The van der Waals surface area contributed by atoms with Gasteiger partial charge in [0.15, 0.2) is 0 Å². The van der Waals surface area contributed by atoms with Crippen LogP contribution in [0.3, 0.4) is 0 Å². The monoisotopic (exact) mass is 492 g/mol. The molecule has 0 aromatic heterocycles. The number of hydrogen-bond acceptors (Lipinski definition) is 5. The van der Waals surface area contributed by atoms with Gasteiger partial charge in [-0.3, -0.25) is 19.8 Å². The van der Waals surface area contributed by atoms with E-state index in [4.69, 9.17) is 4.74 Å². The lowest BCUT2D eigenvalue weighted by Gasteiger charge is -2.38. The van der Waals surface area contributed by atoms with Gasteiger partial charge in [0.25, 0.3) is 5.91 Å². The number of urea groups is 1. The van der Waals surface area contributed by atoms with Crippen LogP contribution in [-0.4, -0.2) is 59.0 Å². The maximum atomic E-state index is 13.6. The highest BCUT2D eigenvalue weighted by molar-refractivity contribution is 6.01. The number of imide groups is 1. The quantitative estimate of drug-likeness (QED) is 0.708. The van der Waals surface area contributed by atoms with Gasteiger partial charge in [-0.15, -0.1) is 0 Å². The molecule has 2 aromatic rings. The molecular formula is C27H29FN4O4. The van der Waals surface area contributed by atoms with Crippen LogP contribution in [0.25, 0.3) is 0 Å². The average Bonchev–Trinajstić information content (AvgIpc) is 3.19. The van der Waals surface area contributed by atoms with Crippen molar-refractivity contribution in [3.05, 3.63) is 64.5 Å². The molecule has 0 aliphatic carbocycles. The maximum absolute atomic E-state index is 13.6. The number of nitrogens with one attached hydrogen (secondary N) is 1. The van der Waals surface area contributed by atoms with Crippen LogP contribution in [-0.2, 0) is 17.9 Å². The molecule has 1 N–H and O–H groups in total. The molecule has 2 aromatic carbocycles. The third kappa shape index (κ3) is 4.21. The van der Waals surface area contributed by atoms with Crippen molar-refractivity contribution in [1.82, 2.24) is 20.2 Å². The molecule has 6 rings (SSSR count). The predicted octanol–water partition coefficient (Wildman–Crippen LogP) is 3.42. The van der Waals surface area contributed by atoms with Gasteiger partial charge in [-0.25, -0.2) is 19.2 Å². The highest BCUT2D eigenvalue weighted by atomic mass is 19.1. The van der Waals surface area contributed by atoms with Gasteiger partial charge in [0.1, 0.15) is 11.6 Å². The summed E-state index contributed by atoms with van der Waals surface area (Å²) in [5.74, 6) is 0.889. The number of fused-ring (bicyclic) bond motifs is 2. The molecule has 4 heterocycles. The minimum absolute atomic E-state index is 0.184. The number of nitrogens with zero attached hydrogens (tertiary/aromatic N) is 3. The van der Waals surface area contributed by atoms with Crippen molar-refractivity contribution in [1.29, 1.82) is 0 Å². The van der Waals surface area contributed by atoms with Crippen molar-refractivity contribution in [2.45, 2.75) is 44.7 Å². The van der Waals surface area contributed by atoms with E-state index in [2.05, 4.69) is 16.3 Å². The Labute approximate surface area is 209 Å². The zero-order valence-electron chi connectivity index (χ0n) is 20.0. The summed E-state index contributed by atoms with van der Waals surface area (Å²) >= 11 is 0. The van der Waals surface area contributed by atoms with Crippen LogP contribution in [0.1, 0.15) is 58.6 Å². The fraction of sp³-hybridized carbons (Fsp3) is 0.444. The fourth-order valence-electron chi connectivity index (χ4n) is 6.09. The van der Waals surface area contributed by atoms with Crippen LogP contribution in [0.15, 0.2) is 36.4 Å². The topological polar surface area (TPSA) is 82.2 Å². The second-order valence-electron chi connectivity index (χ2n) is 10.1. The van der Waals surface area contributed by atoms with E-state index < -0.39 is 6.03 Å². The van der Waals surface area contributed by atoms with Gasteiger partial charge >= 0.3 is 6.03 Å². The van der Waals surface area contributed by atoms with E-state index in [0.717, 1.165) is 55.6 Å². The summed E-state index contributed by atoms with van der Waals surface area (Å²) in [7, 11) is 0. The van der Waals surface area contributed by atoms with Crippen molar-refractivity contribution in [3.63, 3.8) is 0 Å². The Morgan fingerprint density at radius 3 is 2.61 bits per heavy atom. The summed E-state index contributed by atoms with van der Waals surface area (Å²) in [4.78, 5) is 39.0.